The minimum Gasteiger partial charge on any atom is -0.477 e. The molecule has 0 aliphatic carbocycles. The van der Waals surface area contributed by atoms with Crippen molar-refractivity contribution in [2.45, 2.75) is 0 Å². The molecule has 0 aliphatic rings. The van der Waals surface area contributed by atoms with Crippen LogP contribution in [0.15, 0.2) is 18.3 Å². The highest BCUT2D eigenvalue weighted by atomic mass is 32.2. The van der Waals surface area contributed by atoms with Crippen LogP contribution in [0.1, 0.15) is 10.5 Å². The van der Waals surface area contributed by atoms with Gasteiger partial charge in [0, 0.05) is 12.4 Å². The lowest BCUT2D eigenvalue weighted by atomic mass is 10.3. The zero-order valence-electron chi connectivity index (χ0n) is 9.15. The van der Waals surface area contributed by atoms with Gasteiger partial charge in [0.2, 0.25) is 0 Å². The summed E-state index contributed by atoms with van der Waals surface area (Å²) in [6.07, 6.45) is 1.40. The van der Waals surface area contributed by atoms with Gasteiger partial charge in [-0.25, -0.2) is 23.3 Å². The molecule has 8 nitrogen and oxygen atoms in total. The van der Waals surface area contributed by atoms with Crippen molar-refractivity contribution in [2.75, 3.05) is 12.1 Å². The summed E-state index contributed by atoms with van der Waals surface area (Å²) in [4.78, 5) is 17.4. The third kappa shape index (κ3) is 2.41. The van der Waals surface area contributed by atoms with Crippen LogP contribution in [0, 0.1) is 0 Å². The summed E-state index contributed by atoms with van der Waals surface area (Å²) in [6, 6.07) is 2.94. The van der Waals surface area contributed by atoms with Gasteiger partial charge in [-0.3, -0.25) is 0 Å². The second-order valence-electron chi connectivity index (χ2n) is 3.42. The molecule has 2 heterocycles. The molecule has 0 aliphatic heterocycles. The number of hydrogen-bond acceptors (Lipinski definition) is 6. The van der Waals surface area contributed by atoms with Crippen molar-refractivity contribution >= 4 is 33.7 Å². The maximum atomic E-state index is 10.8. The van der Waals surface area contributed by atoms with Gasteiger partial charge in [-0.1, -0.05) is 0 Å². The van der Waals surface area contributed by atoms with Crippen LogP contribution in [-0.4, -0.2) is 36.5 Å². The number of pyridine rings is 1. The molecule has 9 heteroatoms. The summed E-state index contributed by atoms with van der Waals surface area (Å²) in [6.45, 7) is 0. The van der Waals surface area contributed by atoms with Gasteiger partial charge in [0.05, 0.1) is 11.7 Å². The number of carbonyl (C=O) groups is 1. The SMILES string of the molecule is CN(O[SH](=O)=O)c1cc2cc(C(=O)O)[nH]c2cn1. The minimum atomic E-state index is -3.03. The van der Waals surface area contributed by atoms with Crippen LogP contribution in [0.2, 0.25) is 0 Å². The summed E-state index contributed by atoms with van der Waals surface area (Å²) in [5.41, 5.74) is 0.568. The smallest absolute Gasteiger partial charge is 0.352 e. The zero-order chi connectivity index (χ0) is 13.3. The van der Waals surface area contributed by atoms with Gasteiger partial charge in [0.1, 0.15) is 5.69 Å². The fraction of sp³-hybridized carbons (Fsp3) is 0.111. The molecule has 0 amide bonds. The van der Waals surface area contributed by atoms with E-state index in [1.54, 1.807) is 0 Å². The summed E-state index contributed by atoms with van der Waals surface area (Å²) in [5, 5.41) is 10.4. The van der Waals surface area contributed by atoms with Crippen molar-refractivity contribution in [3.8, 4) is 0 Å². The van der Waals surface area contributed by atoms with Crippen molar-refractivity contribution in [2.24, 2.45) is 0 Å². The quantitative estimate of drug-likeness (QED) is 0.536. The molecule has 0 aromatic carbocycles. The maximum Gasteiger partial charge on any atom is 0.352 e. The molecule has 0 atom stereocenters. The van der Waals surface area contributed by atoms with Crippen molar-refractivity contribution in [1.82, 2.24) is 9.97 Å². The number of H-pyrrole nitrogens is 1. The van der Waals surface area contributed by atoms with Gasteiger partial charge in [-0.2, -0.15) is 0 Å². The number of fused-ring (bicyclic) bond motifs is 1. The molecular formula is C9H9N3O5S. The maximum absolute atomic E-state index is 10.8. The van der Waals surface area contributed by atoms with E-state index in [1.165, 1.54) is 25.4 Å². The van der Waals surface area contributed by atoms with Crippen LogP contribution in [-0.2, 0) is 15.3 Å². The lowest BCUT2D eigenvalue weighted by molar-refractivity contribution is 0.0691. The number of rotatable bonds is 4. The zero-order valence-corrected chi connectivity index (χ0v) is 10.0. The molecule has 0 saturated carbocycles. The van der Waals surface area contributed by atoms with Gasteiger partial charge in [-0.15, -0.1) is 4.28 Å². The molecule has 2 aromatic heterocycles. The average Bonchev–Trinajstić information content (AvgIpc) is 2.70. The molecular weight excluding hydrogens is 262 g/mol. The van der Waals surface area contributed by atoms with Gasteiger partial charge in [0.25, 0.3) is 11.0 Å². The number of carboxylic acids is 1. The summed E-state index contributed by atoms with van der Waals surface area (Å²) >= 11 is 0. The fourth-order valence-corrected chi connectivity index (χ4v) is 1.73. The highest BCUT2D eigenvalue weighted by molar-refractivity contribution is 7.67. The molecule has 0 radical (unpaired) electrons. The number of anilines is 1. The number of aromatic carboxylic acids is 1. The number of aromatic nitrogens is 2. The Labute approximate surface area is 103 Å². The van der Waals surface area contributed by atoms with E-state index in [4.69, 9.17) is 5.11 Å². The van der Waals surface area contributed by atoms with E-state index in [1.807, 2.05) is 0 Å². The van der Waals surface area contributed by atoms with E-state index in [0.29, 0.717) is 10.9 Å². The Morgan fingerprint density at radius 3 is 2.83 bits per heavy atom. The summed E-state index contributed by atoms with van der Waals surface area (Å²) < 4.78 is 25.2. The normalized spacial score (nSPS) is 11.0. The fourth-order valence-electron chi connectivity index (χ4n) is 1.45. The largest absolute Gasteiger partial charge is 0.477 e. The van der Waals surface area contributed by atoms with Crippen molar-refractivity contribution in [3.63, 3.8) is 0 Å². The Morgan fingerprint density at radius 2 is 2.22 bits per heavy atom. The minimum absolute atomic E-state index is 0.0300. The van der Waals surface area contributed by atoms with E-state index >= 15 is 0 Å². The van der Waals surface area contributed by atoms with E-state index in [0.717, 1.165) is 5.06 Å². The molecule has 0 saturated heterocycles. The van der Waals surface area contributed by atoms with Crippen molar-refractivity contribution in [3.05, 3.63) is 24.0 Å². The Hall–Kier alpha value is -2.13. The van der Waals surface area contributed by atoms with Gasteiger partial charge < -0.3 is 10.1 Å². The number of hydroxylamine groups is 1. The van der Waals surface area contributed by atoms with Gasteiger partial charge in [0.15, 0.2) is 5.82 Å². The van der Waals surface area contributed by atoms with Crippen molar-refractivity contribution in [1.29, 1.82) is 0 Å². The second kappa shape index (κ2) is 4.63. The van der Waals surface area contributed by atoms with Crippen molar-refractivity contribution < 1.29 is 22.6 Å². The predicted octanol–water partition coefficient (Wildman–Crippen LogP) is 0.155. The average molecular weight is 271 g/mol. The van der Waals surface area contributed by atoms with Gasteiger partial charge >= 0.3 is 5.97 Å². The van der Waals surface area contributed by atoms with E-state index in [-0.39, 0.29) is 11.5 Å². The van der Waals surface area contributed by atoms with Crippen LogP contribution in [0.25, 0.3) is 10.9 Å². The van der Waals surface area contributed by atoms with Crippen LogP contribution in [0.5, 0.6) is 0 Å². The number of nitrogens with zero attached hydrogens (tertiary/aromatic N) is 2. The molecule has 18 heavy (non-hydrogen) atoms. The number of aromatic amines is 1. The van der Waals surface area contributed by atoms with Crippen LogP contribution in [0.4, 0.5) is 5.82 Å². The summed E-state index contributed by atoms with van der Waals surface area (Å²) in [7, 11) is -1.65. The molecule has 2 aromatic rings. The highest BCUT2D eigenvalue weighted by Crippen LogP contribution is 2.19. The molecule has 0 unspecified atom stereocenters. The number of hydrogen-bond donors (Lipinski definition) is 3. The predicted molar refractivity (Wildman–Crippen MR) is 62.9 cm³/mol. The van der Waals surface area contributed by atoms with Crippen LogP contribution in [0.3, 0.4) is 0 Å². The lowest BCUT2D eigenvalue weighted by Crippen LogP contribution is -2.17. The topological polar surface area (TPSA) is 113 Å². The highest BCUT2D eigenvalue weighted by Gasteiger charge is 2.10. The Kier molecular flexibility index (Phi) is 3.17. The molecule has 2 rings (SSSR count). The lowest BCUT2D eigenvalue weighted by Gasteiger charge is -2.12. The Bertz CT molecular complexity index is 670. The molecule has 0 spiro atoms. The van der Waals surface area contributed by atoms with E-state index < -0.39 is 17.0 Å². The first kappa shape index (κ1) is 12.3. The van der Waals surface area contributed by atoms with Crippen LogP contribution >= 0.6 is 0 Å². The monoisotopic (exact) mass is 271 g/mol. The molecule has 0 fully saturated rings. The first-order valence-electron chi connectivity index (χ1n) is 4.75. The number of carboxylic acid groups (broad SMARTS) is 1. The van der Waals surface area contributed by atoms with E-state index in [2.05, 4.69) is 14.3 Å². The van der Waals surface area contributed by atoms with E-state index in [9.17, 15) is 13.2 Å². The molecule has 2 N–H and O–H groups in total. The standard InChI is InChI=1S/C9H9N3O5S/c1-12(17-18(15)16)8-3-5-2-6(9(13)14)11-7(5)4-10-8/h2-4,11,18H,1H3,(H,13,14). The Morgan fingerprint density at radius 1 is 1.50 bits per heavy atom. The Balaban J connectivity index is 2.40. The molecule has 0 bridgehead atoms. The third-order valence-corrected chi connectivity index (χ3v) is 2.61. The number of thiol groups is 1. The first-order valence-corrected chi connectivity index (χ1v) is 5.85. The third-order valence-electron chi connectivity index (χ3n) is 2.23. The summed E-state index contributed by atoms with van der Waals surface area (Å²) in [5.74, 6) is -0.836. The first-order chi connectivity index (χ1) is 8.47. The van der Waals surface area contributed by atoms with Gasteiger partial charge in [-0.05, 0) is 12.1 Å². The second-order valence-corrected chi connectivity index (χ2v) is 4.03. The molecule has 96 valence electrons. The van der Waals surface area contributed by atoms with Crippen LogP contribution < -0.4 is 5.06 Å². The number of nitrogens with one attached hydrogen (secondary N) is 1.